The van der Waals surface area contributed by atoms with Crippen LogP contribution < -0.4 is 19.5 Å². The molecule has 1 amide bonds. The largest absolute Gasteiger partial charge is 0.497 e. The average molecular weight is 413 g/mol. The molecule has 2 N–H and O–H groups in total. The van der Waals surface area contributed by atoms with Crippen LogP contribution in [-0.2, 0) is 10.0 Å². The summed E-state index contributed by atoms with van der Waals surface area (Å²) in [5.41, 5.74) is 0.427. The molecule has 0 aliphatic carbocycles. The van der Waals surface area contributed by atoms with Crippen LogP contribution in [0.5, 0.6) is 11.5 Å². The second kappa shape index (κ2) is 8.96. The minimum Gasteiger partial charge on any atom is -0.497 e. The van der Waals surface area contributed by atoms with Gasteiger partial charge in [0.2, 0.25) is 10.0 Å². The minimum atomic E-state index is -3.45. The molecule has 0 saturated carbocycles. The molecule has 2 aromatic carbocycles. The van der Waals surface area contributed by atoms with Crippen LogP contribution >= 0.6 is 11.6 Å². The maximum Gasteiger partial charge on any atom is 0.253 e. The van der Waals surface area contributed by atoms with Crippen molar-refractivity contribution in [3.63, 3.8) is 0 Å². The fourth-order valence-electron chi connectivity index (χ4n) is 2.21. The third-order valence-corrected chi connectivity index (χ3v) is 4.39. The van der Waals surface area contributed by atoms with Gasteiger partial charge in [-0.3, -0.25) is 9.52 Å². The highest BCUT2D eigenvalue weighted by Gasteiger charge is 2.15. The number of anilines is 1. The molecule has 0 fully saturated rings. The second-order valence-electron chi connectivity index (χ2n) is 5.93. The highest BCUT2D eigenvalue weighted by Crippen LogP contribution is 2.21. The smallest absolute Gasteiger partial charge is 0.253 e. The molecule has 7 nitrogen and oxygen atoms in total. The van der Waals surface area contributed by atoms with Gasteiger partial charge in [0.15, 0.2) is 0 Å². The lowest BCUT2D eigenvalue weighted by Gasteiger charge is -2.16. The average Bonchev–Trinajstić information content (AvgIpc) is 2.60. The number of hydrogen-bond donors (Lipinski definition) is 2. The van der Waals surface area contributed by atoms with Crippen molar-refractivity contribution < 1.29 is 22.7 Å². The molecule has 2 aromatic rings. The van der Waals surface area contributed by atoms with Crippen molar-refractivity contribution in [2.75, 3.05) is 24.7 Å². The Morgan fingerprint density at radius 3 is 2.37 bits per heavy atom. The number of sulfonamides is 1. The zero-order chi connectivity index (χ0) is 20.0. The molecular weight excluding hydrogens is 392 g/mol. The molecule has 2 rings (SSSR count). The molecule has 0 aromatic heterocycles. The third-order valence-electron chi connectivity index (χ3n) is 3.45. The van der Waals surface area contributed by atoms with Crippen LogP contribution in [0.3, 0.4) is 0 Å². The number of hydrogen-bond acceptors (Lipinski definition) is 5. The quantitative estimate of drug-likeness (QED) is 0.695. The van der Waals surface area contributed by atoms with E-state index in [2.05, 4.69) is 10.0 Å². The Bertz CT molecular complexity index is 900. The van der Waals surface area contributed by atoms with E-state index in [4.69, 9.17) is 21.1 Å². The predicted molar refractivity (Wildman–Crippen MR) is 105 cm³/mol. The van der Waals surface area contributed by atoms with Crippen LogP contribution in [0, 0.1) is 0 Å². The van der Waals surface area contributed by atoms with Crippen LogP contribution in [0.25, 0.3) is 0 Å². The first-order valence-electron chi connectivity index (χ1n) is 8.03. The molecule has 0 aliphatic rings. The summed E-state index contributed by atoms with van der Waals surface area (Å²) >= 11 is 6.07. The van der Waals surface area contributed by atoms with E-state index in [1.54, 1.807) is 38.3 Å². The van der Waals surface area contributed by atoms with Crippen LogP contribution in [0.15, 0.2) is 42.5 Å². The lowest BCUT2D eigenvalue weighted by Crippen LogP contribution is -2.37. The standard InChI is InChI=1S/C18H21ClN2O5S/c1-12(11-26-15-7-5-14(25-2)6-8-15)20-18(22)16-10-13(4-9-17(16)19)21-27(3,23)24/h4-10,12,21H,11H2,1-3H3,(H,20,22)/t12-/m1/s1. The maximum absolute atomic E-state index is 12.4. The summed E-state index contributed by atoms with van der Waals surface area (Å²) in [6, 6.07) is 11.1. The first kappa shape index (κ1) is 20.9. The van der Waals surface area contributed by atoms with Gasteiger partial charge in [-0.2, -0.15) is 0 Å². The summed E-state index contributed by atoms with van der Waals surface area (Å²) < 4.78 is 35.7. The summed E-state index contributed by atoms with van der Waals surface area (Å²) in [5, 5.41) is 2.99. The molecule has 0 aliphatic heterocycles. The van der Waals surface area contributed by atoms with Gasteiger partial charge >= 0.3 is 0 Å². The Morgan fingerprint density at radius 1 is 1.15 bits per heavy atom. The van der Waals surface area contributed by atoms with Crippen molar-refractivity contribution in [3.8, 4) is 11.5 Å². The Kier molecular flexibility index (Phi) is 6.92. The van der Waals surface area contributed by atoms with E-state index in [0.717, 1.165) is 12.0 Å². The van der Waals surface area contributed by atoms with Crippen LogP contribution in [0.2, 0.25) is 5.02 Å². The Hall–Kier alpha value is -2.45. The number of halogens is 1. The first-order chi connectivity index (χ1) is 12.7. The topological polar surface area (TPSA) is 93.7 Å². The molecule has 1 atom stereocenters. The number of nitrogens with one attached hydrogen (secondary N) is 2. The van der Waals surface area contributed by atoms with Gasteiger partial charge in [0, 0.05) is 5.69 Å². The highest BCUT2D eigenvalue weighted by atomic mass is 35.5. The summed E-state index contributed by atoms with van der Waals surface area (Å²) in [7, 11) is -1.87. The number of ether oxygens (including phenoxy) is 2. The van der Waals surface area contributed by atoms with Crippen LogP contribution in [0.4, 0.5) is 5.69 Å². The number of rotatable bonds is 8. The molecular formula is C18H21ClN2O5S. The molecule has 146 valence electrons. The summed E-state index contributed by atoms with van der Waals surface area (Å²) in [4.78, 5) is 12.4. The molecule has 9 heteroatoms. The Labute approximate surface area is 163 Å². The Morgan fingerprint density at radius 2 is 1.78 bits per heavy atom. The van der Waals surface area contributed by atoms with Crippen molar-refractivity contribution in [2.45, 2.75) is 13.0 Å². The number of benzene rings is 2. The molecule has 0 saturated heterocycles. The van der Waals surface area contributed by atoms with E-state index in [1.165, 1.54) is 18.2 Å². The molecule has 0 spiro atoms. The van der Waals surface area contributed by atoms with Crippen molar-refractivity contribution >= 4 is 33.2 Å². The fraction of sp³-hybridized carbons (Fsp3) is 0.278. The third kappa shape index (κ3) is 6.65. The van der Waals surface area contributed by atoms with Gasteiger partial charge in [0.05, 0.1) is 30.0 Å². The van der Waals surface area contributed by atoms with E-state index >= 15 is 0 Å². The zero-order valence-electron chi connectivity index (χ0n) is 15.2. The van der Waals surface area contributed by atoms with E-state index in [9.17, 15) is 13.2 Å². The summed E-state index contributed by atoms with van der Waals surface area (Å²) in [6.45, 7) is 2.03. The normalized spacial score (nSPS) is 12.1. The molecule has 0 radical (unpaired) electrons. The SMILES string of the molecule is COc1ccc(OC[C@@H](C)NC(=O)c2cc(NS(C)(=O)=O)ccc2Cl)cc1. The zero-order valence-corrected chi connectivity index (χ0v) is 16.7. The van der Waals surface area contributed by atoms with Crippen molar-refractivity contribution in [1.29, 1.82) is 0 Å². The van der Waals surface area contributed by atoms with Gasteiger partial charge in [-0.05, 0) is 49.4 Å². The van der Waals surface area contributed by atoms with Crippen LogP contribution in [-0.4, -0.2) is 40.3 Å². The lowest BCUT2D eigenvalue weighted by atomic mass is 10.2. The van der Waals surface area contributed by atoms with E-state index in [-0.39, 0.29) is 28.9 Å². The van der Waals surface area contributed by atoms with E-state index in [0.29, 0.717) is 5.75 Å². The number of amides is 1. The lowest BCUT2D eigenvalue weighted by molar-refractivity contribution is 0.0927. The predicted octanol–water partition coefficient (Wildman–Crippen LogP) is 2.92. The van der Waals surface area contributed by atoms with Crippen molar-refractivity contribution in [2.24, 2.45) is 0 Å². The van der Waals surface area contributed by atoms with Crippen LogP contribution in [0.1, 0.15) is 17.3 Å². The van der Waals surface area contributed by atoms with Gasteiger partial charge in [-0.25, -0.2) is 8.42 Å². The first-order valence-corrected chi connectivity index (χ1v) is 10.3. The second-order valence-corrected chi connectivity index (χ2v) is 8.09. The van der Waals surface area contributed by atoms with Gasteiger partial charge in [-0.1, -0.05) is 11.6 Å². The monoisotopic (exact) mass is 412 g/mol. The van der Waals surface area contributed by atoms with E-state index in [1.807, 2.05) is 0 Å². The number of carbonyl (C=O) groups is 1. The van der Waals surface area contributed by atoms with Gasteiger partial charge < -0.3 is 14.8 Å². The molecule has 27 heavy (non-hydrogen) atoms. The molecule has 0 unspecified atom stereocenters. The van der Waals surface area contributed by atoms with E-state index < -0.39 is 15.9 Å². The summed E-state index contributed by atoms with van der Waals surface area (Å²) in [5.74, 6) is 0.943. The van der Waals surface area contributed by atoms with Gasteiger partial charge in [0.25, 0.3) is 5.91 Å². The van der Waals surface area contributed by atoms with Gasteiger partial charge in [0.1, 0.15) is 18.1 Å². The van der Waals surface area contributed by atoms with Crippen molar-refractivity contribution in [1.82, 2.24) is 5.32 Å². The van der Waals surface area contributed by atoms with Gasteiger partial charge in [-0.15, -0.1) is 0 Å². The molecule has 0 heterocycles. The fourth-order valence-corrected chi connectivity index (χ4v) is 2.97. The maximum atomic E-state index is 12.4. The molecule has 0 bridgehead atoms. The highest BCUT2D eigenvalue weighted by molar-refractivity contribution is 7.92. The summed E-state index contributed by atoms with van der Waals surface area (Å²) in [6.07, 6.45) is 1.03. The number of carbonyl (C=O) groups excluding carboxylic acids is 1. The number of methoxy groups -OCH3 is 1. The minimum absolute atomic E-state index is 0.168. The van der Waals surface area contributed by atoms with Crippen molar-refractivity contribution in [3.05, 3.63) is 53.1 Å². The Balaban J connectivity index is 1.97.